The molecule has 0 spiro atoms. The Balaban J connectivity index is 1.59. The Bertz CT molecular complexity index is 1100. The van der Waals surface area contributed by atoms with Gasteiger partial charge in [-0.15, -0.1) is 16.4 Å². The third-order valence-electron chi connectivity index (χ3n) is 4.67. The predicted octanol–water partition coefficient (Wildman–Crippen LogP) is 4.20. The van der Waals surface area contributed by atoms with Crippen molar-refractivity contribution in [2.75, 3.05) is 11.4 Å². The minimum absolute atomic E-state index is 0.160. The van der Waals surface area contributed by atoms with Crippen molar-refractivity contribution in [1.29, 1.82) is 0 Å². The molecule has 0 saturated carbocycles. The number of hydrogen-bond donors (Lipinski definition) is 0. The highest BCUT2D eigenvalue weighted by atomic mass is 32.1. The minimum atomic E-state index is -0.160. The first-order valence-corrected chi connectivity index (χ1v) is 9.65. The van der Waals surface area contributed by atoms with Crippen LogP contribution >= 0.6 is 11.3 Å². The molecule has 1 aliphatic rings. The molecular formula is C21H16N4OS. The molecule has 0 aliphatic carbocycles. The van der Waals surface area contributed by atoms with Gasteiger partial charge in [0.1, 0.15) is 0 Å². The molecule has 6 heteroatoms. The summed E-state index contributed by atoms with van der Waals surface area (Å²) in [6, 6.07) is 21.8. The number of carbonyl (C=O) groups excluding carboxylic acids is 1. The van der Waals surface area contributed by atoms with E-state index in [9.17, 15) is 4.79 Å². The molecule has 0 atom stereocenters. The lowest BCUT2D eigenvalue weighted by Crippen LogP contribution is -2.30. The highest BCUT2D eigenvalue weighted by Gasteiger charge is 2.29. The van der Waals surface area contributed by atoms with E-state index in [1.165, 1.54) is 5.56 Å². The van der Waals surface area contributed by atoms with Gasteiger partial charge in [0.25, 0.3) is 5.91 Å². The van der Waals surface area contributed by atoms with Crippen LogP contribution in [0.3, 0.4) is 0 Å². The minimum Gasteiger partial charge on any atom is -0.305 e. The summed E-state index contributed by atoms with van der Waals surface area (Å²) in [5.74, 6) is 0.749. The van der Waals surface area contributed by atoms with E-state index in [1.54, 1.807) is 20.9 Å². The summed E-state index contributed by atoms with van der Waals surface area (Å²) >= 11 is 1.58. The molecule has 5 nitrogen and oxygen atoms in total. The van der Waals surface area contributed by atoms with Crippen LogP contribution in [-0.2, 0) is 6.42 Å². The molecule has 3 heterocycles. The van der Waals surface area contributed by atoms with Crippen molar-refractivity contribution >= 4 is 22.9 Å². The molecule has 0 N–H and O–H groups in total. The van der Waals surface area contributed by atoms with Crippen molar-refractivity contribution < 1.29 is 4.79 Å². The molecule has 0 fully saturated rings. The van der Waals surface area contributed by atoms with Gasteiger partial charge in [-0.1, -0.05) is 42.5 Å². The van der Waals surface area contributed by atoms with Gasteiger partial charge in [0.15, 0.2) is 5.82 Å². The number of fused-ring (bicyclic) bond motifs is 1. The van der Waals surface area contributed by atoms with Gasteiger partial charge in [-0.25, -0.2) is 9.67 Å². The molecule has 0 bridgehead atoms. The largest absolute Gasteiger partial charge is 0.305 e. The molecule has 132 valence electrons. The SMILES string of the molecule is O=C(c1nc(-c2cccs2)n(-c2ccccc2)n1)N1CCc2ccccc21. The maximum Gasteiger partial charge on any atom is 0.297 e. The van der Waals surface area contributed by atoms with E-state index >= 15 is 0 Å². The molecule has 1 amide bonds. The van der Waals surface area contributed by atoms with Crippen LogP contribution in [0, 0.1) is 0 Å². The molecule has 4 aromatic rings. The summed E-state index contributed by atoms with van der Waals surface area (Å²) in [4.78, 5) is 20.5. The van der Waals surface area contributed by atoms with E-state index in [2.05, 4.69) is 16.1 Å². The summed E-state index contributed by atoms with van der Waals surface area (Å²) in [5, 5.41) is 6.57. The summed E-state index contributed by atoms with van der Waals surface area (Å²) < 4.78 is 1.75. The van der Waals surface area contributed by atoms with Crippen LogP contribution < -0.4 is 4.90 Å². The van der Waals surface area contributed by atoms with Gasteiger partial charge < -0.3 is 4.90 Å². The van der Waals surface area contributed by atoms with Crippen LogP contribution in [0.2, 0.25) is 0 Å². The third-order valence-corrected chi connectivity index (χ3v) is 5.54. The van der Waals surface area contributed by atoms with Crippen molar-refractivity contribution in [3.63, 3.8) is 0 Å². The Kier molecular flexibility index (Phi) is 3.83. The average Bonchev–Trinajstić information content (AvgIpc) is 3.46. The molecule has 5 rings (SSSR count). The van der Waals surface area contributed by atoms with Gasteiger partial charge in [-0.3, -0.25) is 4.79 Å². The zero-order chi connectivity index (χ0) is 18.2. The number of rotatable bonds is 3. The molecule has 0 radical (unpaired) electrons. The van der Waals surface area contributed by atoms with Crippen LogP contribution in [-0.4, -0.2) is 27.2 Å². The number of benzene rings is 2. The molecule has 27 heavy (non-hydrogen) atoms. The number of para-hydroxylation sites is 2. The van der Waals surface area contributed by atoms with Crippen molar-refractivity contribution in [3.8, 4) is 16.4 Å². The van der Waals surface area contributed by atoms with E-state index in [4.69, 9.17) is 0 Å². The summed E-state index contributed by atoms with van der Waals surface area (Å²) in [5.41, 5.74) is 3.03. The van der Waals surface area contributed by atoms with Gasteiger partial charge in [-0.2, -0.15) is 0 Å². The topological polar surface area (TPSA) is 51.0 Å². The molecular weight excluding hydrogens is 356 g/mol. The number of anilines is 1. The number of carbonyl (C=O) groups is 1. The van der Waals surface area contributed by atoms with Crippen LogP contribution in [0.15, 0.2) is 72.1 Å². The molecule has 0 unspecified atom stereocenters. The number of amides is 1. The summed E-state index contributed by atoms with van der Waals surface area (Å²) in [6.07, 6.45) is 0.860. The van der Waals surface area contributed by atoms with E-state index in [1.807, 2.05) is 66.0 Å². The van der Waals surface area contributed by atoms with Gasteiger partial charge in [-0.05, 0) is 41.6 Å². The van der Waals surface area contributed by atoms with Crippen molar-refractivity contribution in [2.45, 2.75) is 6.42 Å². The highest BCUT2D eigenvalue weighted by Crippen LogP contribution is 2.30. The summed E-state index contributed by atoms with van der Waals surface area (Å²) in [7, 11) is 0. The first-order chi connectivity index (χ1) is 13.3. The third kappa shape index (κ3) is 2.74. The second-order valence-electron chi connectivity index (χ2n) is 6.32. The van der Waals surface area contributed by atoms with E-state index in [0.717, 1.165) is 22.7 Å². The summed E-state index contributed by atoms with van der Waals surface area (Å²) in [6.45, 7) is 0.659. The Morgan fingerprint density at radius 2 is 1.78 bits per heavy atom. The lowest BCUT2D eigenvalue weighted by Gasteiger charge is -2.14. The second kappa shape index (κ2) is 6.48. The van der Waals surface area contributed by atoms with E-state index in [-0.39, 0.29) is 11.7 Å². The number of thiophene rings is 1. The Morgan fingerprint density at radius 1 is 0.963 bits per heavy atom. The zero-order valence-electron chi connectivity index (χ0n) is 14.4. The normalized spacial score (nSPS) is 13.0. The number of hydrogen-bond acceptors (Lipinski definition) is 4. The fraction of sp³-hybridized carbons (Fsp3) is 0.0952. The van der Waals surface area contributed by atoms with Crippen LogP contribution in [0.25, 0.3) is 16.4 Å². The van der Waals surface area contributed by atoms with Crippen molar-refractivity contribution in [1.82, 2.24) is 14.8 Å². The van der Waals surface area contributed by atoms with Crippen LogP contribution in [0.5, 0.6) is 0 Å². The molecule has 0 saturated heterocycles. The van der Waals surface area contributed by atoms with Gasteiger partial charge in [0, 0.05) is 12.2 Å². The van der Waals surface area contributed by atoms with Gasteiger partial charge >= 0.3 is 0 Å². The monoisotopic (exact) mass is 372 g/mol. The average molecular weight is 372 g/mol. The number of nitrogens with zero attached hydrogens (tertiary/aromatic N) is 4. The Hall–Kier alpha value is -3.25. The second-order valence-corrected chi connectivity index (χ2v) is 7.27. The van der Waals surface area contributed by atoms with E-state index in [0.29, 0.717) is 12.4 Å². The predicted molar refractivity (Wildman–Crippen MR) is 106 cm³/mol. The molecule has 2 aromatic carbocycles. The fourth-order valence-corrected chi connectivity index (χ4v) is 4.09. The Labute approximate surface area is 160 Å². The molecule has 1 aliphatic heterocycles. The highest BCUT2D eigenvalue weighted by molar-refractivity contribution is 7.13. The standard InChI is InChI=1S/C21H16N4OS/c26-21(24-13-12-15-7-4-5-10-17(15)24)19-22-20(18-11-6-14-27-18)25(23-19)16-8-2-1-3-9-16/h1-11,14H,12-13H2. The van der Waals surface area contributed by atoms with E-state index < -0.39 is 0 Å². The fourth-order valence-electron chi connectivity index (χ4n) is 3.39. The van der Waals surface area contributed by atoms with Gasteiger partial charge in [0.2, 0.25) is 5.82 Å². The van der Waals surface area contributed by atoms with Crippen molar-refractivity contribution in [3.05, 3.63) is 83.5 Å². The molecule has 2 aromatic heterocycles. The van der Waals surface area contributed by atoms with Crippen LogP contribution in [0.1, 0.15) is 16.2 Å². The lowest BCUT2D eigenvalue weighted by atomic mass is 10.2. The number of aromatic nitrogens is 3. The maximum absolute atomic E-state index is 13.2. The lowest BCUT2D eigenvalue weighted by molar-refractivity contribution is 0.0979. The first kappa shape index (κ1) is 16.0. The van der Waals surface area contributed by atoms with Gasteiger partial charge in [0.05, 0.1) is 10.6 Å². The van der Waals surface area contributed by atoms with Crippen LogP contribution in [0.4, 0.5) is 5.69 Å². The Morgan fingerprint density at radius 3 is 2.59 bits per heavy atom. The zero-order valence-corrected chi connectivity index (χ0v) is 15.3. The van der Waals surface area contributed by atoms with Crippen molar-refractivity contribution in [2.24, 2.45) is 0 Å². The smallest absolute Gasteiger partial charge is 0.297 e. The first-order valence-electron chi connectivity index (χ1n) is 8.77. The maximum atomic E-state index is 13.2. The quantitative estimate of drug-likeness (QED) is 0.542.